The van der Waals surface area contributed by atoms with Crippen molar-refractivity contribution in [1.29, 1.82) is 0 Å². The Morgan fingerprint density at radius 2 is 2.11 bits per heavy atom. The van der Waals surface area contributed by atoms with Crippen molar-refractivity contribution in [1.82, 2.24) is 10.2 Å². The van der Waals surface area contributed by atoms with Crippen LogP contribution in [0, 0.1) is 6.92 Å². The topological polar surface area (TPSA) is 73.1 Å². The zero-order valence-corrected chi connectivity index (χ0v) is 10.3. The van der Waals surface area contributed by atoms with Crippen molar-refractivity contribution in [3.05, 3.63) is 42.0 Å². The van der Waals surface area contributed by atoms with Gasteiger partial charge >= 0.3 is 0 Å². The van der Waals surface area contributed by atoms with Gasteiger partial charge < -0.3 is 15.8 Å². The lowest BCUT2D eigenvalue weighted by molar-refractivity contribution is 0.332. The van der Waals surface area contributed by atoms with Crippen molar-refractivity contribution in [2.24, 2.45) is 0 Å². The van der Waals surface area contributed by atoms with Crippen LogP contribution in [0.25, 0.3) is 0 Å². The minimum absolute atomic E-state index is 0.413. The van der Waals surface area contributed by atoms with Crippen LogP contribution in [-0.4, -0.2) is 23.3 Å². The molecule has 2 rings (SSSR count). The van der Waals surface area contributed by atoms with E-state index in [-0.39, 0.29) is 0 Å². The second kappa shape index (κ2) is 5.86. The summed E-state index contributed by atoms with van der Waals surface area (Å²) in [5, 5.41) is 10.7. The Bertz CT molecular complexity index is 499. The molecule has 0 unspecified atom stereocenters. The number of hydrogen-bond acceptors (Lipinski definition) is 5. The first-order valence-electron chi connectivity index (χ1n) is 5.76. The quantitative estimate of drug-likeness (QED) is 0.785. The first-order chi connectivity index (χ1) is 8.74. The predicted molar refractivity (Wildman–Crippen MR) is 71.6 cm³/mol. The lowest BCUT2D eigenvalue weighted by Crippen LogP contribution is -2.12. The number of nitrogens with two attached hydrogens (primary N) is 1. The average Bonchev–Trinajstić information content (AvgIpc) is 2.37. The summed E-state index contributed by atoms with van der Waals surface area (Å²) in [6, 6.07) is 11.4. The van der Waals surface area contributed by atoms with Gasteiger partial charge in [0.15, 0.2) is 0 Å². The standard InChI is InChI=1S/C13H16N4O/c1-10-3-2-4-11(9-10)18-8-7-15-13-6-5-12(14)16-17-13/h2-6,9H,7-8H2,1H3,(H2,14,16)(H,15,17). The molecule has 5 heteroatoms. The summed E-state index contributed by atoms with van der Waals surface area (Å²) in [4.78, 5) is 0. The van der Waals surface area contributed by atoms with Crippen molar-refractivity contribution in [2.75, 3.05) is 24.2 Å². The fourth-order valence-electron chi connectivity index (χ4n) is 1.49. The predicted octanol–water partition coefficient (Wildman–Crippen LogP) is 1.86. The molecule has 0 aliphatic rings. The van der Waals surface area contributed by atoms with Crippen molar-refractivity contribution in [3.63, 3.8) is 0 Å². The number of nitrogen functional groups attached to an aromatic ring is 1. The Labute approximate surface area is 106 Å². The molecule has 1 heterocycles. The molecular formula is C13H16N4O. The molecule has 18 heavy (non-hydrogen) atoms. The molecule has 0 fully saturated rings. The van der Waals surface area contributed by atoms with Gasteiger partial charge in [-0.05, 0) is 36.8 Å². The molecule has 0 saturated carbocycles. The number of nitrogens with zero attached hydrogens (tertiary/aromatic N) is 2. The van der Waals surface area contributed by atoms with Gasteiger partial charge in [0.05, 0.1) is 6.54 Å². The van der Waals surface area contributed by atoms with E-state index in [0.29, 0.717) is 24.8 Å². The second-order valence-corrected chi connectivity index (χ2v) is 3.94. The highest BCUT2D eigenvalue weighted by Gasteiger charge is 1.96. The summed E-state index contributed by atoms with van der Waals surface area (Å²) in [5.74, 6) is 1.98. The molecular weight excluding hydrogens is 228 g/mol. The minimum Gasteiger partial charge on any atom is -0.492 e. The SMILES string of the molecule is Cc1cccc(OCCNc2ccc(N)nn2)c1. The van der Waals surface area contributed by atoms with Crippen molar-refractivity contribution < 1.29 is 4.74 Å². The van der Waals surface area contributed by atoms with E-state index >= 15 is 0 Å². The van der Waals surface area contributed by atoms with Gasteiger partial charge in [0.25, 0.3) is 0 Å². The zero-order valence-electron chi connectivity index (χ0n) is 10.3. The number of aryl methyl sites for hydroxylation is 1. The maximum Gasteiger partial charge on any atom is 0.148 e. The van der Waals surface area contributed by atoms with Crippen LogP contribution >= 0.6 is 0 Å². The molecule has 0 bridgehead atoms. The fourth-order valence-corrected chi connectivity index (χ4v) is 1.49. The van der Waals surface area contributed by atoms with Crippen LogP contribution in [0.4, 0.5) is 11.6 Å². The van der Waals surface area contributed by atoms with Crippen molar-refractivity contribution in [3.8, 4) is 5.75 Å². The highest BCUT2D eigenvalue weighted by Crippen LogP contribution is 2.12. The number of rotatable bonds is 5. The van der Waals surface area contributed by atoms with Gasteiger partial charge in [0.1, 0.15) is 24.0 Å². The smallest absolute Gasteiger partial charge is 0.148 e. The van der Waals surface area contributed by atoms with E-state index in [1.165, 1.54) is 5.56 Å². The van der Waals surface area contributed by atoms with Crippen LogP contribution in [0.3, 0.4) is 0 Å². The molecule has 0 amide bonds. The third-order valence-electron chi connectivity index (χ3n) is 2.35. The number of aromatic nitrogens is 2. The van der Waals surface area contributed by atoms with E-state index in [1.807, 2.05) is 31.2 Å². The molecule has 3 N–H and O–H groups in total. The molecule has 94 valence electrons. The van der Waals surface area contributed by atoms with Gasteiger partial charge in [-0.25, -0.2) is 0 Å². The molecule has 1 aromatic heterocycles. The van der Waals surface area contributed by atoms with Crippen LogP contribution in [-0.2, 0) is 0 Å². The average molecular weight is 244 g/mol. The van der Waals surface area contributed by atoms with Gasteiger partial charge in [-0.1, -0.05) is 12.1 Å². The van der Waals surface area contributed by atoms with E-state index < -0.39 is 0 Å². The largest absolute Gasteiger partial charge is 0.492 e. The molecule has 0 saturated heterocycles. The summed E-state index contributed by atoms with van der Waals surface area (Å²) >= 11 is 0. The van der Waals surface area contributed by atoms with Crippen LogP contribution in [0.5, 0.6) is 5.75 Å². The summed E-state index contributed by atoms with van der Waals surface area (Å²) < 4.78 is 5.60. The highest BCUT2D eigenvalue weighted by molar-refractivity contribution is 5.38. The van der Waals surface area contributed by atoms with Gasteiger partial charge in [0.2, 0.25) is 0 Å². The second-order valence-electron chi connectivity index (χ2n) is 3.94. The Morgan fingerprint density at radius 1 is 1.22 bits per heavy atom. The van der Waals surface area contributed by atoms with E-state index in [4.69, 9.17) is 10.5 Å². The van der Waals surface area contributed by atoms with Gasteiger partial charge in [-0.3, -0.25) is 0 Å². The van der Waals surface area contributed by atoms with Crippen LogP contribution < -0.4 is 15.8 Å². The number of hydrogen-bond donors (Lipinski definition) is 2. The molecule has 2 aromatic rings. The number of anilines is 2. The molecule has 0 spiro atoms. The lowest BCUT2D eigenvalue weighted by atomic mass is 10.2. The van der Waals surface area contributed by atoms with Crippen LogP contribution in [0.2, 0.25) is 0 Å². The molecule has 1 aromatic carbocycles. The lowest BCUT2D eigenvalue weighted by Gasteiger charge is -2.08. The molecule has 0 aliphatic heterocycles. The van der Waals surface area contributed by atoms with E-state index in [2.05, 4.69) is 15.5 Å². The number of nitrogens with one attached hydrogen (secondary N) is 1. The Balaban J connectivity index is 1.74. The van der Waals surface area contributed by atoms with Crippen LogP contribution in [0.1, 0.15) is 5.56 Å². The van der Waals surface area contributed by atoms with E-state index in [1.54, 1.807) is 12.1 Å². The molecule has 0 aliphatic carbocycles. The van der Waals surface area contributed by atoms with Crippen LogP contribution in [0.15, 0.2) is 36.4 Å². The summed E-state index contributed by atoms with van der Waals surface area (Å²) in [6.45, 7) is 3.26. The molecule has 5 nitrogen and oxygen atoms in total. The summed E-state index contributed by atoms with van der Waals surface area (Å²) in [6.07, 6.45) is 0. The monoisotopic (exact) mass is 244 g/mol. The Kier molecular flexibility index (Phi) is 3.96. The van der Waals surface area contributed by atoms with Gasteiger partial charge in [-0.2, -0.15) is 0 Å². The third-order valence-corrected chi connectivity index (χ3v) is 2.35. The van der Waals surface area contributed by atoms with Gasteiger partial charge in [0, 0.05) is 0 Å². The first kappa shape index (κ1) is 12.2. The van der Waals surface area contributed by atoms with Crippen molar-refractivity contribution >= 4 is 11.6 Å². The highest BCUT2D eigenvalue weighted by atomic mass is 16.5. The molecule has 0 radical (unpaired) electrons. The Morgan fingerprint density at radius 3 is 2.83 bits per heavy atom. The normalized spacial score (nSPS) is 10.1. The number of ether oxygens (including phenoxy) is 1. The Hall–Kier alpha value is -2.30. The van der Waals surface area contributed by atoms with Gasteiger partial charge in [-0.15, -0.1) is 10.2 Å². The van der Waals surface area contributed by atoms with Crippen molar-refractivity contribution in [2.45, 2.75) is 6.92 Å². The summed E-state index contributed by atoms with van der Waals surface area (Å²) in [7, 11) is 0. The summed E-state index contributed by atoms with van der Waals surface area (Å²) in [5.41, 5.74) is 6.63. The fraction of sp³-hybridized carbons (Fsp3) is 0.231. The maximum absolute atomic E-state index is 5.60. The molecule has 0 atom stereocenters. The van der Waals surface area contributed by atoms with E-state index in [0.717, 1.165) is 5.75 Å². The maximum atomic E-state index is 5.60. The first-order valence-corrected chi connectivity index (χ1v) is 5.76. The zero-order chi connectivity index (χ0) is 12.8. The number of benzene rings is 1. The third kappa shape index (κ3) is 3.62. The minimum atomic E-state index is 0.413. The van der Waals surface area contributed by atoms with E-state index in [9.17, 15) is 0 Å².